The van der Waals surface area contributed by atoms with Gasteiger partial charge in [-0.1, -0.05) is 30.1 Å². The van der Waals surface area contributed by atoms with Crippen LogP contribution in [0.1, 0.15) is 18.9 Å². The SMILES string of the molecule is CC1(c2cc(F)c(Cl)cc2Cl)CC1CCl. The molecule has 0 heterocycles. The van der Waals surface area contributed by atoms with Crippen molar-refractivity contribution in [1.29, 1.82) is 0 Å². The number of hydrogen-bond donors (Lipinski definition) is 0. The lowest BCUT2D eigenvalue weighted by molar-refractivity contribution is 0.617. The van der Waals surface area contributed by atoms with Gasteiger partial charge in [-0.15, -0.1) is 11.6 Å². The first-order valence-electron chi connectivity index (χ1n) is 4.70. The molecular weight excluding hydrogens is 257 g/mol. The number of hydrogen-bond acceptors (Lipinski definition) is 0. The van der Waals surface area contributed by atoms with Crippen LogP contribution >= 0.6 is 34.8 Å². The van der Waals surface area contributed by atoms with Crippen molar-refractivity contribution >= 4 is 34.8 Å². The predicted molar refractivity (Wildman–Crippen MR) is 62.6 cm³/mol. The molecule has 2 atom stereocenters. The van der Waals surface area contributed by atoms with Crippen molar-refractivity contribution in [2.45, 2.75) is 18.8 Å². The minimum atomic E-state index is -0.419. The summed E-state index contributed by atoms with van der Waals surface area (Å²) >= 11 is 17.5. The van der Waals surface area contributed by atoms with Crippen LogP contribution < -0.4 is 0 Å². The summed E-state index contributed by atoms with van der Waals surface area (Å²) in [6.45, 7) is 2.05. The van der Waals surface area contributed by atoms with Gasteiger partial charge < -0.3 is 0 Å². The van der Waals surface area contributed by atoms with Crippen LogP contribution in [0.25, 0.3) is 0 Å². The van der Waals surface area contributed by atoms with E-state index < -0.39 is 5.82 Å². The maximum atomic E-state index is 13.3. The Morgan fingerprint density at radius 1 is 1.40 bits per heavy atom. The summed E-state index contributed by atoms with van der Waals surface area (Å²) in [4.78, 5) is 0. The third-order valence-electron chi connectivity index (χ3n) is 3.22. The van der Waals surface area contributed by atoms with E-state index in [0.717, 1.165) is 12.0 Å². The highest BCUT2D eigenvalue weighted by molar-refractivity contribution is 6.35. The van der Waals surface area contributed by atoms with Crippen molar-refractivity contribution in [3.05, 3.63) is 33.6 Å². The Bertz CT molecular complexity index is 405. The van der Waals surface area contributed by atoms with Gasteiger partial charge in [-0.3, -0.25) is 0 Å². The second-order valence-corrected chi connectivity index (χ2v) is 5.34. The van der Waals surface area contributed by atoms with Crippen molar-refractivity contribution in [2.24, 2.45) is 5.92 Å². The molecule has 0 aliphatic heterocycles. The maximum absolute atomic E-state index is 13.3. The Kier molecular flexibility index (Phi) is 2.91. The second-order valence-electron chi connectivity index (χ2n) is 4.22. The normalized spacial score (nSPS) is 29.3. The molecule has 1 aromatic carbocycles. The minimum absolute atomic E-state index is 0.0652. The lowest BCUT2D eigenvalue weighted by atomic mass is 9.96. The standard InChI is InChI=1S/C11H10Cl3F/c1-11(4-6(11)5-12)7-2-10(15)9(14)3-8(7)13/h2-3,6H,4-5H2,1H3. The molecule has 0 saturated heterocycles. The summed E-state index contributed by atoms with van der Waals surface area (Å²) < 4.78 is 13.3. The maximum Gasteiger partial charge on any atom is 0.142 e. The molecule has 1 aromatic rings. The van der Waals surface area contributed by atoms with Crippen LogP contribution in [0.3, 0.4) is 0 Å². The molecule has 2 rings (SSSR count). The first-order valence-corrected chi connectivity index (χ1v) is 5.99. The van der Waals surface area contributed by atoms with Gasteiger partial charge in [0.05, 0.1) is 5.02 Å². The van der Waals surface area contributed by atoms with Crippen LogP contribution in [-0.4, -0.2) is 5.88 Å². The van der Waals surface area contributed by atoms with Crippen LogP contribution in [0.15, 0.2) is 12.1 Å². The van der Waals surface area contributed by atoms with E-state index in [4.69, 9.17) is 34.8 Å². The van der Waals surface area contributed by atoms with Crippen molar-refractivity contribution in [3.8, 4) is 0 Å². The molecule has 0 amide bonds. The average molecular weight is 268 g/mol. The second kappa shape index (κ2) is 3.80. The van der Waals surface area contributed by atoms with Crippen LogP contribution in [0.4, 0.5) is 4.39 Å². The fraction of sp³-hybridized carbons (Fsp3) is 0.455. The summed E-state index contributed by atoms with van der Waals surface area (Å²) in [7, 11) is 0. The molecule has 0 aromatic heterocycles. The van der Waals surface area contributed by atoms with E-state index in [-0.39, 0.29) is 10.4 Å². The van der Waals surface area contributed by atoms with Crippen molar-refractivity contribution in [1.82, 2.24) is 0 Å². The van der Waals surface area contributed by atoms with Crippen LogP contribution in [-0.2, 0) is 5.41 Å². The van der Waals surface area contributed by atoms with E-state index in [9.17, 15) is 4.39 Å². The highest BCUT2D eigenvalue weighted by Crippen LogP contribution is 2.56. The van der Waals surface area contributed by atoms with E-state index in [0.29, 0.717) is 16.8 Å². The van der Waals surface area contributed by atoms with E-state index in [1.165, 1.54) is 12.1 Å². The van der Waals surface area contributed by atoms with E-state index in [1.807, 2.05) is 0 Å². The first-order chi connectivity index (χ1) is 6.99. The molecule has 0 N–H and O–H groups in total. The highest BCUT2D eigenvalue weighted by atomic mass is 35.5. The Hall–Kier alpha value is 0.0200. The Morgan fingerprint density at radius 3 is 2.60 bits per heavy atom. The van der Waals surface area contributed by atoms with Crippen molar-refractivity contribution in [3.63, 3.8) is 0 Å². The molecule has 0 nitrogen and oxygen atoms in total. The zero-order chi connectivity index (χ0) is 11.2. The average Bonchev–Trinajstić information content (AvgIpc) is 2.84. The molecule has 15 heavy (non-hydrogen) atoms. The molecule has 1 saturated carbocycles. The molecule has 2 unspecified atom stereocenters. The van der Waals surface area contributed by atoms with Crippen molar-refractivity contribution in [2.75, 3.05) is 5.88 Å². The predicted octanol–water partition coefficient (Wildman–Crippen LogP) is 4.65. The third kappa shape index (κ3) is 1.86. The quantitative estimate of drug-likeness (QED) is 0.540. The topological polar surface area (TPSA) is 0 Å². The molecule has 82 valence electrons. The molecule has 1 aliphatic carbocycles. The summed E-state index contributed by atoms with van der Waals surface area (Å²) in [6.07, 6.45) is 0.956. The van der Waals surface area contributed by atoms with Gasteiger partial charge in [0.15, 0.2) is 0 Å². The lowest BCUT2D eigenvalue weighted by Crippen LogP contribution is -2.07. The van der Waals surface area contributed by atoms with Gasteiger partial charge in [0, 0.05) is 10.9 Å². The Morgan fingerprint density at radius 2 is 2.07 bits per heavy atom. The van der Waals surface area contributed by atoms with Crippen molar-refractivity contribution < 1.29 is 4.39 Å². The molecule has 4 heteroatoms. The fourth-order valence-corrected chi connectivity index (χ4v) is 3.02. The minimum Gasteiger partial charge on any atom is -0.205 e. The molecule has 1 aliphatic rings. The summed E-state index contributed by atoms with van der Waals surface area (Å²) in [5.41, 5.74) is 0.737. The first kappa shape index (κ1) is 11.5. The van der Waals surface area contributed by atoms with Gasteiger partial charge in [-0.2, -0.15) is 0 Å². The van der Waals surface area contributed by atoms with Gasteiger partial charge in [0.25, 0.3) is 0 Å². The van der Waals surface area contributed by atoms with Gasteiger partial charge in [0.1, 0.15) is 5.82 Å². The van der Waals surface area contributed by atoms with Gasteiger partial charge in [-0.05, 0) is 35.4 Å². The Balaban J connectivity index is 2.42. The zero-order valence-corrected chi connectivity index (χ0v) is 10.4. The lowest BCUT2D eigenvalue weighted by Gasteiger charge is -2.13. The molecule has 0 spiro atoms. The number of benzene rings is 1. The van der Waals surface area contributed by atoms with Crippen LogP contribution in [0.2, 0.25) is 10.0 Å². The molecule has 1 fully saturated rings. The fourth-order valence-electron chi connectivity index (χ4n) is 1.97. The van der Waals surface area contributed by atoms with Gasteiger partial charge in [0.2, 0.25) is 0 Å². The summed E-state index contributed by atoms with van der Waals surface area (Å²) in [5, 5.41) is 0.590. The highest BCUT2D eigenvalue weighted by Gasteiger charge is 2.51. The van der Waals surface area contributed by atoms with E-state index >= 15 is 0 Å². The third-order valence-corrected chi connectivity index (χ3v) is 4.20. The smallest absolute Gasteiger partial charge is 0.142 e. The Labute approximate surface area is 103 Å². The largest absolute Gasteiger partial charge is 0.205 e. The molecule has 0 radical (unpaired) electrons. The number of halogens is 4. The number of rotatable bonds is 2. The van der Waals surface area contributed by atoms with E-state index in [2.05, 4.69) is 6.92 Å². The van der Waals surface area contributed by atoms with E-state index in [1.54, 1.807) is 0 Å². The summed E-state index contributed by atoms with van der Waals surface area (Å²) in [6, 6.07) is 2.89. The van der Waals surface area contributed by atoms with Gasteiger partial charge in [-0.25, -0.2) is 4.39 Å². The number of alkyl halides is 1. The van der Waals surface area contributed by atoms with Gasteiger partial charge >= 0.3 is 0 Å². The van der Waals surface area contributed by atoms with Crippen LogP contribution in [0.5, 0.6) is 0 Å². The monoisotopic (exact) mass is 266 g/mol. The van der Waals surface area contributed by atoms with Crippen LogP contribution in [0, 0.1) is 11.7 Å². The zero-order valence-electron chi connectivity index (χ0n) is 8.16. The summed E-state index contributed by atoms with van der Waals surface area (Å²) in [5.74, 6) is 0.548. The molecular formula is C11H10Cl3F. The molecule has 0 bridgehead atoms.